The van der Waals surface area contributed by atoms with Gasteiger partial charge in [-0.1, -0.05) is 0 Å². The van der Waals surface area contributed by atoms with Gasteiger partial charge in [-0.25, -0.2) is 0 Å². The molecule has 0 bridgehead atoms. The maximum atomic E-state index is 11.1. The average Bonchev–Trinajstić information content (AvgIpc) is 2.73. The van der Waals surface area contributed by atoms with E-state index in [0.29, 0.717) is 17.6 Å². The van der Waals surface area contributed by atoms with Crippen LogP contribution in [0.5, 0.6) is 0 Å². The fourth-order valence-electron chi connectivity index (χ4n) is 2.01. The molecule has 70 valence electrons. The molecule has 1 aliphatic carbocycles. The Labute approximate surface area is 82.8 Å². The molecular formula is C11H14OS. The van der Waals surface area contributed by atoms with E-state index in [2.05, 4.69) is 19.9 Å². The van der Waals surface area contributed by atoms with Crippen molar-refractivity contribution in [1.29, 1.82) is 0 Å². The lowest BCUT2D eigenvalue weighted by Gasteiger charge is -1.95. The molecule has 2 unspecified atom stereocenters. The molecule has 0 spiro atoms. The normalized spacial score (nSPS) is 26.1. The zero-order valence-electron chi connectivity index (χ0n) is 8.26. The number of carbonyl (C=O) groups is 1. The van der Waals surface area contributed by atoms with Crippen molar-refractivity contribution in [2.75, 3.05) is 0 Å². The molecule has 0 aliphatic heterocycles. The summed E-state index contributed by atoms with van der Waals surface area (Å²) in [5, 5.41) is 0. The van der Waals surface area contributed by atoms with Gasteiger partial charge in [-0.3, -0.25) is 4.79 Å². The van der Waals surface area contributed by atoms with E-state index in [1.54, 1.807) is 6.92 Å². The summed E-state index contributed by atoms with van der Waals surface area (Å²) in [7, 11) is 0. The van der Waals surface area contributed by atoms with Crippen molar-refractivity contribution in [2.45, 2.75) is 33.1 Å². The monoisotopic (exact) mass is 194 g/mol. The first-order chi connectivity index (χ1) is 6.09. The third-order valence-corrected chi connectivity index (χ3v) is 3.77. The Balaban J connectivity index is 2.20. The molecule has 1 aromatic rings. The highest BCUT2D eigenvalue weighted by atomic mass is 32.1. The van der Waals surface area contributed by atoms with Gasteiger partial charge >= 0.3 is 0 Å². The lowest BCUT2D eigenvalue weighted by molar-refractivity contribution is -0.118. The minimum absolute atomic E-state index is 0.327. The van der Waals surface area contributed by atoms with Gasteiger partial charge in [0.15, 0.2) is 0 Å². The number of ketones is 1. The molecule has 0 saturated heterocycles. The van der Waals surface area contributed by atoms with Crippen LogP contribution in [0.1, 0.15) is 34.6 Å². The summed E-state index contributed by atoms with van der Waals surface area (Å²) in [6.45, 7) is 5.99. The van der Waals surface area contributed by atoms with E-state index in [4.69, 9.17) is 0 Å². The van der Waals surface area contributed by atoms with Gasteiger partial charge in [-0.05, 0) is 44.7 Å². The van der Waals surface area contributed by atoms with E-state index in [-0.39, 0.29) is 0 Å². The summed E-state index contributed by atoms with van der Waals surface area (Å²) in [5.74, 6) is 1.23. The molecule has 1 fully saturated rings. The molecule has 1 aliphatic rings. The third-order valence-electron chi connectivity index (χ3n) is 2.79. The van der Waals surface area contributed by atoms with E-state index in [1.165, 1.54) is 15.3 Å². The molecule has 1 nitrogen and oxygen atoms in total. The van der Waals surface area contributed by atoms with Gasteiger partial charge < -0.3 is 0 Å². The third kappa shape index (κ3) is 1.55. The summed E-state index contributed by atoms with van der Waals surface area (Å²) < 4.78 is 0. The quantitative estimate of drug-likeness (QED) is 0.707. The standard InChI is InChI=1S/C11H14OS/c1-6-4-10(8(3)13-6)11-5-9(11)7(2)12/h4,9,11H,5H2,1-3H3. The molecule has 2 atom stereocenters. The highest BCUT2D eigenvalue weighted by Crippen LogP contribution is 2.50. The summed E-state index contributed by atoms with van der Waals surface area (Å²) in [5.41, 5.74) is 1.42. The predicted octanol–water partition coefficient (Wildman–Crippen LogP) is 3.06. The zero-order valence-corrected chi connectivity index (χ0v) is 9.07. The molecule has 2 heteroatoms. The van der Waals surface area contributed by atoms with Gasteiger partial charge in [-0.15, -0.1) is 11.3 Å². The van der Waals surface area contributed by atoms with Crippen LogP contribution < -0.4 is 0 Å². The maximum Gasteiger partial charge on any atom is 0.133 e. The number of carbonyl (C=O) groups excluding carboxylic acids is 1. The van der Waals surface area contributed by atoms with E-state index >= 15 is 0 Å². The summed E-state index contributed by atoms with van der Waals surface area (Å²) >= 11 is 1.84. The molecule has 1 heterocycles. The van der Waals surface area contributed by atoms with Gasteiger partial charge in [0.2, 0.25) is 0 Å². The Kier molecular flexibility index (Phi) is 2.03. The molecule has 0 radical (unpaired) electrons. The van der Waals surface area contributed by atoms with Crippen molar-refractivity contribution in [3.63, 3.8) is 0 Å². The number of aryl methyl sites for hydroxylation is 2. The Bertz CT molecular complexity index is 351. The Morgan fingerprint density at radius 3 is 2.62 bits per heavy atom. The zero-order chi connectivity index (χ0) is 9.59. The van der Waals surface area contributed by atoms with Gasteiger partial charge in [0.25, 0.3) is 0 Å². The number of rotatable bonds is 2. The molecule has 0 aromatic carbocycles. The van der Waals surface area contributed by atoms with E-state index in [1.807, 2.05) is 11.3 Å². The molecule has 1 saturated carbocycles. The van der Waals surface area contributed by atoms with Crippen LogP contribution in [-0.4, -0.2) is 5.78 Å². The summed E-state index contributed by atoms with van der Waals surface area (Å²) in [4.78, 5) is 13.9. The van der Waals surface area contributed by atoms with Crippen LogP contribution in [0.25, 0.3) is 0 Å². The van der Waals surface area contributed by atoms with Gasteiger partial charge in [0.05, 0.1) is 0 Å². The SMILES string of the molecule is CC(=O)C1CC1c1cc(C)sc1C. The lowest BCUT2D eigenvalue weighted by Crippen LogP contribution is -1.94. The number of hydrogen-bond donors (Lipinski definition) is 0. The van der Waals surface area contributed by atoms with Crippen molar-refractivity contribution in [3.05, 3.63) is 21.4 Å². The highest BCUT2D eigenvalue weighted by molar-refractivity contribution is 7.12. The van der Waals surface area contributed by atoms with Crippen LogP contribution in [0.4, 0.5) is 0 Å². The minimum atomic E-state index is 0.327. The van der Waals surface area contributed by atoms with Crippen molar-refractivity contribution in [2.24, 2.45) is 5.92 Å². The molecular weight excluding hydrogens is 180 g/mol. The summed E-state index contributed by atoms with van der Waals surface area (Å²) in [6, 6.07) is 2.24. The van der Waals surface area contributed by atoms with Crippen LogP contribution in [0.3, 0.4) is 0 Å². The van der Waals surface area contributed by atoms with Crippen LogP contribution in [0, 0.1) is 19.8 Å². The van der Waals surface area contributed by atoms with Crippen molar-refractivity contribution < 1.29 is 4.79 Å². The van der Waals surface area contributed by atoms with Crippen molar-refractivity contribution >= 4 is 17.1 Å². The Morgan fingerprint density at radius 2 is 2.23 bits per heavy atom. The lowest BCUT2D eigenvalue weighted by atomic mass is 10.1. The minimum Gasteiger partial charge on any atom is -0.300 e. The maximum absolute atomic E-state index is 11.1. The Hall–Kier alpha value is -0.630. The van der Waals surface area contributed by atoms with Gasteiger partial charge in [-0.2, -0.15) is 0 Å². The predicted molar refractivity (Wildman–Crippen MR) is 55.3 cm³/mol. The molecule has 0 amide bonds. The largest absolute Gasteiger partial charge is 0.300 e. The molecule has 13 heavy (non-hydrogen) atoms. The fourth-order valence-corrected chi connectivity index (χ4v) is 3.00. The first-order valence-corrected chi connectivity index (χ1v) is 5.48. The van der Waals surface area contributed by atoms with Crippen LogP contribution >= 0.6 is 11.3 Å². The average molecular weight is 194 g/mol. The topological polar surface area (TPSA) is 17.1 Å². The second-order valence-corrected chi connectivity index (χ2v) is 5.39. The molecule has 0 N–H and O–H groups in total. The second-order valence-electron chi connectivity index (χ2n) is 3.93. The van der Waals surface area contributed by atoms with Crippen LogP contribution in [0.15, 0.2) is 6.07 Å². The van der Waals surface area contributed by atoms with E-state index < -0.39 is 0 Å². The van der Waals surface area contributed by atoms with Crippen LogP contribution in [0.2, 0.25) is 0 Å². The molecule has 1 aromatic heterocycles. The molecule has 2 rings (SSSR count). The number of thiophene rings is 1. The summed E-state index contributed by atoms with van der Waals surface area (Å²) in [6.07, 6.45) is 1.08. The first kappa shape index (κ1) is 8.95. The number of hydrogen-bond acceptors (Lipinski definition) is 2. The first-order valence-electron chi connectivity index (χ1n) is 4.67. The van der Waals surface area contributed by atoms with Gasteiger partial charge in [0.1, 0.15) is 5.78 Å². The van der Waals surface area contributed by atoms with Gasteiger partial charge in [0, 0.05) is 15.7 Å². The number of Topliss-reactive ketones (excluding diaryl/α,β-unsaturated/α-hetero) is 1. The van der Waals surface area contributed by atoms with Crippen LogP contribution in [-0.2, 0) is 4.79 Å². The van der Waals surface area contributed by atoms with Crippen molar-refractivity contribution in [1.82, 2.24) is 0 Å². The fraction of sp³-hybridized carbons (Fsp3) is 0.545. The smallest absolute Gasteiger partial charge is 0.133 e. The second kappa shape index (κ2) is 2.95. The van der Waals surface area contributed by atoms with E-state index in [0.717, 1.165) is 6.42 Å². The Morgan fingerprint density at radius 1 is 1.54 bits per heavy atom. The van der Waals surface area contributed by atoms with Crippen molar-refractivity contribution in [3.8, 4) is 0 Å². The van der Waals surface area contributed by atoms with E-state index in [9.17, 15) is 4.79 Å². The highest BCUT2D eigenvalue weighted by Gasteiger charge is 2.42.